The molecule has 0 saturated heterocycles. The zero-order valence-corrected chi connectivity index (χ0v) is 11.9. The zero-order valence-electron chi connectivity index (χ0n) is 11.9. The molecule has 0 saturated carbocycles. The van der Waals surface area contributed by atoms with E-state index in [2.05, 4.69) is 46.5 Å². The number of likely N-dealkylation sites (N-methyl/N-ethyl adjacent to an activating group) is 1. The van der Waals surface area contributed by atoms with E-state index in [1.807, 2.05) is 31.3 Å². The summed E-state index contributed by atoms with van der Waals surface area (Å²) in [5.74, 6) is 1.52. The first-order valence-electron chi connectivity index (χ1n) is 6.46. The first-order valence-corrected chi connectivity index (χ1v) is 6.46. The minimum atomic E-state index is 0.437. The second kappa shape index (κ2) is 5.84. The van der Waals surface area contributed by atoms with E-state index in [4.69, 9.17) is 0 Å². The summed E-state index contributed by atoms with van der Waals surface area (Å²) in [6.07, 6.45) is 0. The van der Waals surface area contributed by atoms with E-state index in [-0.39, 0.29) is 0 Å². The van der Waals surface area contributed by atoms with Crippen LogP contribution in [-0.4, -0.2) is 48.6 Å². The van der Waals surface area contributed by atoms with E-state index in [1.54, 1.807) is 0 Å². The maximum absolute atomic E-state index is 4.50. The molecule has 0 fully saturated rings. The lowest BCUT2D eigenvalue weighted by Crippen LogP contribution is -2.31. The summed E-state index contributed by atoms with van der Waals surface area (Å²) in [4.78, 5) is 11.1. The molecule has 1 heterocycles. The smallest absolute Gasteiger partial charge is 0.224 e. The molecule has 5 heteroatoms. The number of fused-ring (bicyclic) bond motifs is 1. The van der Waals surface area contributed by atoms with Crippen molar-refractivity contribution in [2.45, 2.75) is 13.0 Å². The predicted octanol–water partition coefficient (Wildman–Crippen LogP) is 2.03. The SMILES string of the molecule is CNc1nc(NCC(C)N(C)C)c2ccccc2n1. The van der Waals surface area contributed by atoms with Crippen molar-refractivity contribution in [3.63, 3.8) is 0 Å². The van der Waals surface area contributed by atoms with E-state index in [1.165, 1.54) is 0 Å². The van der Waals surface area contributed by atoms with Gasteiger partial charge in [0, 0.05) is 25.0 Å². The van der Waals surface area contributed by atoms with Gasteiger partial charge >= 0.3 is 0 Å². The predicted molar refractivity (Wildman–Crippen MR) is 80.7 cm³/mol. The van der Waals surface area contributed by atoms with E-state index in [9.17, 15) is 0 Å². The van der Waals surface area contributed by atoms with Crippen LogP contribution in [0.15, 0.2) is 24.3 Å². The van der Waals surface area contributed by atoms with Gasteiger partial charge in [0.15, 0.2) is 0 Å². The summed E-state index contributed by atoms with van der Waals surface area (Å²) in [5.41, 5.74) is 0.946. The first-order chi connectivity index (χ1) is 9.11. The first kappa shape index (κ1) is 13.5. The minimum absolute atomic E-state index is 0.437. The lowest BCUT2D eigenvalue weighted by atomic mass is 10.2. The van der Waals surface area contributed by atoms with Crippen molar-refractivity contribution in [1.82, 2.24) is 14.9 Å². The molecule has 0 radical (unpaired) electrons. The summed E-state index contributed by atoms with van der Waals surface area (Å²) < 4.78 is 0. The highest BCUT2D eigenvalue weighted by Gasteiger charge is 2.09. The van der Waals surface area contributed by atoms with Gasteiger partial charge in [0.25, 0.3) is 0 Å². The van der Waals surface area contributed by atoms with Crippen molar-refractivity contribution >= 4 is 22.7 Å². The van der Waals surface area contributed by atoms with Crippen molar-refractivity contribution < 1.29 is 0 Å². The van der Waals surface area contributed by atoms with Crippen molar-refractivity contribution in [1.29, 1.82) is 0 Å². The second-order valence-corrected chi connectivity index (χ2v) is 4.86. The molecule has 0 aliphatic rings. The monoisotopic (exact) mass is 259 g/mol. The highest BCUT2D eigenvalue weighted by Crippen LogP contribution is 2.21. The largest absolute Gasteiger partial charge is 0.368 e. The third-order valence-electron chi connectivity index (χ3n) is 3.27. The van der Waals surface area contributed by atoms with Crippen LogP contribution < -0.4 is 10.6 Å². The average molecular weight is 259 g/mol. The van der Waals surface area contributed by atoms with Gasteiger partial charge in [0.2, 0.25) is 5.95 Å². The van der Waals surface area contributed by atoms with Crippen LogP contribution in [0.1, 0.15) is 6.92 Å². The molecule has 1 aromatic carbocycles. The fourth-order valence-corrected chi connectivity index (χ4v) is 1.75. The van der Waals surface area contributed by atoms with Crippen molar-refractivity contribution in [3.05, 3.63) is 24.3 Å². The van der Waals surface area contributed by atoms with Crippen LogP contribution in [-0.2, 0) is 0 Å². The standard InChI is InChI=1S/C14H21N5/c1-10(19(3)4)9-16-13-11-7-5-6-8-12(11)17-14(15-2)18-13/h5-8,10H,9H2,1-4H3,(H2,15,16,17,18). The Bertz CT molecular complexity index is 553. The van der Waals surface area contributed by atoms with Gasteiger partial charge in [-0.2, -0.15) is 4.98 Å². The van der Waals surface area contributed by atoms with Gasteiger partial charge in [-0.25, -0.2) is 4.98 Å². The summed E-state index contributed by atoms with van der Waals surface area (Å²) in [5, 5.41) is 7.46. The van der Waals surface area contributed by atoms with Crippen LogP contribution in [0.4, 0.5) is 11.8 Å². The van der Waals surface area contributed by atoms with E-state index >= 15 is 0 Å². The molecule has 102 valence electrons. The number of para-hydroxylation sites is 1. The van der Waals surface area contributed by atoms with Crippen LogP contribution in [0, 0.1) is 0 Å². The quantitative estimate of drug-likeness (QED) is 0.860. The highest BCUT2D eigenvalue weighted by atomic mass is 15.2. The Morgan fingerprint density at radius 1 is 1.21 bits per heavy atom. The van der Waals surface area contributed by atoms with Crippen LogP contribution in [0.25, 0.3) is 10.9 Å². The summed E-state index contributed by atoms with van der Waals surface area (Å²) >= 11 is 0. The Morgan fingerprint density at radius 2 is 1.95 bits per heavy atom. The van der Waals surface area contributed by atoms with Crippen molar-refractivity contribution in [2.75, 3.05) is 38.3 Å². The molecule has 2 rings (SSSR count). The second-order valence-electron chi connectivity index (χ2n) is 4.86. The fraction of sp³-hybridized carbons (Fsp3) is 0.429. The number of rotatable bonds is 5. The van der Waals surface area contributed by atoms with Crippen LogP contribution in [0.2, 0.25) is 0 Å². The maximum Gasteiger partial charge on any atom is 0.224 e. The molecule has 1 aromatic heterocycles. The molecule has 0 bridgehead atoms. The Morgan fingerprint density at radius 3 is 2.63 bits per heavy atom. The molecule has 2 aromatic rings. The van der Waals surface area contributed by atoms with Gasteiger partial charge in [-0.1, -0.05) is 12.1 Å². The Labute approximate surface area is 114 Å². The third kappa shape index (κ3) is 3.12. The zero-order chi connectivity index (χ0) is 13.8. The minimum Gasteiger partial charge on any atom is -0.368 e. The maximum atomic E-state index is 4.50. The van der Waals surface area contributed by atoms with Gasteiger partial charge < -0.3 is 15.5 Å². The molecule has 0 spiro atoms. The number of hydrogen-bond donors (Lipinski definition) is 2. The van der Waals surface area contributed by atoms with Crippen molar-refractivity contribution in [2.24, 2.45) is 0 Å². The van der Waals surface area contributed by atoms with E-state index in [0.717, 1.165) is 23.3 Å². The number of nitrogens with zero attached hydrogens (tertiary/aromatic N) is 3. The van der Waals surface area contributed by atoms with Crippen molar-refractivity contribution in [3.8, 4) is 0 Å². The van der Waals surface area contributed by atoms with E-state index < -0.39 is 0 Å². The number of nitrogens with one attached hydrogen (secondary N) is 2. The lowest BCUT2D eigenvalue weighted by molar-refractivity contribution is 0.326. The average Bonchev–Trinajstić information content (AvgIpc) is 2.43. The number of aromatic nitrogens is 2. The van der Waals surface area contributed by atoms with Crippen LogP contribution in [0.5, 0.6) is 0 Å². The lowest BCUT2D eigenvalue weighted by Gasteiger charge is -2.20. The number of benzene rings is 1. The van der Waals surface area contributed by atoms with Gasteiger partial charge in [-0.3, -0.25) is 0 Å². The van der Waals surface area contributed by atoms with Crippen LogP contribution in [0.3, 0.4) is 0 Å². The fourth-order valence-electron chi connectivity index (χ4n) is 1.75. The molecular weight excluding hydrogens is 238 g/mol. The molecule has 0 amide bonds. The molecule has 5 nitrogen and oxygen atoms in total. The Hall–Kier alpha value is -1.88. The molecule has 1 atom stereocenters. The van der Waals surface area contributed by atoms with Gasteiger partial charge in [-0.05, 0) is 33.2 Å². The highest BCUT2D eigenvalue weighted by molar-refractivity contribution is 5.89. The van der Waals surface area contributed by atoms with Gasteiger partial charge in [0.1, 0.15) is 5.82 Å². The van der Waals surface area contributed by atoms with Crippen LogP contribution >= 0.6 is 0 Å². The molecule has 19 heavy (non-hydrogen) atoms. The Balaban J connectivity index is 2.30. The summed E-state index contributed by atoms with van der Waals surface area (Å²) in [6.45, 7) is 3.02. The van der Waals surface area contributed by atoms with E-state index in [0.29, 0.717) is 12.0 Å². The normalized spacial score (nSPS) is 12.7. The number of hydrogen-bond acceptors (Lipinski definition) is 5. The summed E-state index contributed by atoms with van der Waals surface area (Å²) in [7, 11) is 5.98. The molecule has 0 aliphatic heterocycles. The summed E-state index contributed by atoms with van der Waals surface area (Å²) in [6, 6.07) is 8.47. The molecule has 0 aliphatic carbocycles. The number of anilines is 2. The van der Waals surface area contributed by atoms with Gasteiger partial charge in [0.05, 0.1) is 5.52 Å². The van der Waals surface area contributed by atoms with Gasteiger partial charge in [-0.15, -0.1) is 0 Å². The topological polar surface area (TPSA) is 53.1 Å². The molecular formula is C14H21N5. The molecule has 2 N–H and O–H groups in total. The third-order valence-corrected chi connectivity index (χ3v) is 3.27. The Kier molecular flexibility index (Phi) is 4.16. The molecule has 1 unspecified atom stereocenters.